The molecule has 7 nitrogen and oxygen atoms in total. The number of carbonyl (C=O) groups is 2. The van der Waals surface area contributed by atoms with Crippen LogP contribution in [0.1, 0.15) is 27.2 Å². The smallest absolute Gasteiger partial charge is 0.317 e. The summed E-state index contributed by atoms with van der Waals surface area (Å²) in [5, 5.41) is 20.7. The van der Waals surface area contributed by atoms with Crippen LogP contribution in [0.3, 0.4) is 0 Å². The van der Waals surface area contributed by atoms with Crippen molar-refractivity contribution < 1.29 is 24.5 Å². The van der Waals surface area contributed by atoms with Crippen molar-refractivity contribution in [2.24, 2.45) is 5.92 Å². The first-order chi connectivity index (χ1) is 9.25. The lowest BCUT2D eigenvalue weighted by atomic mass is 10.1. The van der Waals surface area contributed by atoms with Crippen molar-refractivity contribution >= 4 is 12.0 Å². The summed E-state index contributed by atoms with van der Waals surface area (Å²) in [5.41, 5.74) is -0.503. The Balaban J connectivity index is 2.44. The van der Waals surface area contributed by atoms with Crippen LogP contribution in [-0.4, -0.2) is 65.1 Å². The molecule has 1 aliphatic heterocycles. The molecule has 20 heavy (non-hydrogen) atoms. The third kappa shape index (κ3) is 4.97. The number of aliphatic hydroxyl groups is 1. The average Bonchev–Trinajstić information content (AvgIpc) is 2.36. The van der Waals surface area contributed by atoms with Crippen molar-refractivity contribution in [3.8, 4) is 0 Å². The molecule has 2 atom stereocenters. The van der Waals surface area contributed by atoms with Crippen LogP contribution < -0.4 is 5.32 Å². The summed E-state index contributed by atoms with van der Waals surface area (Å²) in [4.78, 5) is 24.3. The number of aliphatic hydroxyl groups excluding tert-OH is 1. The van der Waals surface area contributed by atoms with Crippen molar-refractivity contribution in [1.29, 1.82) is 0 Å². The fraction of sp³-hybridized carbons (Fsp3) is 0.846. The van der Waals surface area contributed by atoms with Gasteiger partial charge in [0.2, 0.25) is 0 Å². The second-order valence-corrected chi connectivity index (χ2v) is 5.82. The highest BCUT2D eigenvalue weighted by atomic mass is 16.5. The Bertz CT molecular complexity index is 359. The number of rotatable bonds is 5. The molecule has 0 saturated carbocycles. The zero-order valence-electron chi connectivity index (χ0n) is 12.3. The van der Waals surface area contributed by atoms with Gasteiger partial charge < -0.3 is 25.2 Å². The first kappa shape index (κ1) is 16.7. The van der Waals surface area contributed by atoms with Gasteiger partial charge in [0.15, 0.2) is 0 Å². The maximum absolute atomic E-state index is 12.0. The molecule has 1 saturated heterocycles. The Morgan fingerprint density at radius 2 is 2.15 bits per heavy atom. The SMILES string of the molecule is CC(CCNC(=O)N1CC(CO)OC(C)(C)C1)C(=O)O. The first-order valence-electron chi connectivity index (χ1n) is 6.79. The van der Waals surface area contributed by atoms with Gasteiger partial charge in [0.1, 0.15) is 0 Å². The van der Waals surface area contributed by atoms with E-state index in [-0.39, 0.29) is 18.7 Å². The lowest BCUT2D eigenvalue weighted by Crippen LogP contribution is -2.57. The number of hydrogen-bond donors (Lipinski definition) is 3. The Morgan fingerprint density at radius 3 is 2.70 bits per heavy atom. The summed E-state index contributed by atoms with van der Waals surface area (Å²) >= 11 is 0. The van der Waals surface area contributed by atoms with E-state index in [0.29, 0.717) is 26.1 Å². The molecular weight excluding hydrogens is 264 g/mol. The molecule has 0 aromatic rings. The van der Waals surface area contributed by atoms with E-state index in [9.17, 15) is 14.7 Å². The van der Waals surface area contributed by atoms with Gasteiger partial charge in [-0.05, 0) is 20.3 Å². The molecule has 1 rings (SSSR count). The average molecular weight is 288 g/mol. The Morgan fingerprint density at radius 1 is 1.50 bits per heavy atom. The third-order valence-corrected chi connectivity index (χ3v) is 3.25. The first-order valence-corrected chi connectivity index (χ1v) is 6.79. The number of carboxylic acids is 1. The van der Waals surface area contributed by atoms with Gasteiger partial charge in [-0.15, -0.1) is 0 Å². The zero-order valence-corrected chi connectivity index (χ0v) is 12.3. The highest BCUT2D eigenvalue weighted by Gasteiger charge is 2.35. The predicted molar refractivity (Wildman–Crippen MR) is 72.4 cm³/mol. The standard InChI is InChI=1S/C13H24N2O5/c1-9(11(17)18)4-5-14-12(19)15-6-10(7-16)20-13(2,3)8-15/h9-10,16H,4-8H2,1-3H3,(H,14,19)(H,17,18). The molecule has 7 heteroatoms. The molecule has 2 amide bonds. The summed E-state index contributed by atoms with van der Waals surface area (Å²) < 4.78 is 5.63. The van der Waals surface area contributed by atoms with Crippen molar-refractivity contribution in [2.45, 2.75) is 38.9 Å². The van der Waals surface area contributed by atoms with Crippen molar-refractivity contribution in [1.82, 2.24) is 10.2 Å². The van der Waals surface area contributed by atoms with E-state index in [4.69, 9.17) is 9.84 Å². The molecule has 0 aromatic carbocycles. The predicted octanol–water partition coefficient (Wildman–Crippen LogP) is 0.279. The lowest BCUT2D eigenvalue weighted by Gasteiger charge is -2.42. The number of amides is 2. The number of nitrogens with one attached hydrogen (secondary N) is 1. The van der Waals surface area contributed by atoms with Crippen molar-refractivity contribution in [2.75, 3.05) is 26.2 Å². The van der Waals surface area contributed by atoms with E-state index in [2.05, 4.69) is 5.32 Å². The van der Waals surface area contributed by atoms with Gasteiger partial charge >= 0.3 is 12.0 Å². The highest BCUT2D eigenvalue weighted by molar-refractivity contribution is 5.74. The van der Waals surface area contributed by atoms with Crippen LogP contribution >= 0.6 is 0 Å². The van der Waals surface area contributed by atoms with Crippen molar-refractivity contribution in [3.63, 3.8) is 0 Å². The molecule has 1 aliphatic rings. The molecule has 0 aromatic heterocycles. The summed E-state index contributed by atoms with van der Waals surface area (Å²) in [7, 11) is 0. The third-order valence-electron chi connectivity index (χ3n) is 3.25. The van der Waals surface area contributed by atoms with E-state index < -0.39 is 17.5 Å². The maximum Gasteiger partial charge on any atom is 0.317 e. The fourth-order valence-corrected chi connectivity index (χ4v) is 2.18. The van der Waals surface area contributed by atoms with Gasteiger partial charge in [-0.1, -0.05) is 6.92 Å². The van der Waals surface area contributed by atoms with E-state index in [1.807, 2.05) is 13.8 Å². The van der Waals surface area contributed by atoms with Gasteiger partial charge in [0, 0.05) is 6.54 Å². The molecule has 3 N–H and O–H groups in total. The van der Waals surface area contributed by atoms with Crippen LogP contribution in [0.5, 0.6) is 0 Å². The minimum atomic E-state index is -0.868. The molecule has 0 spiro atoms. The summed E-state index contributed by atoms with van der Waals surface area (Å²) in [6, 6.07) is -0.252. The van der Waals surface area contributed by atoms with E-state index in [1.165, 1.54) is 0 Å². The Labute approximate surface area is 118 Å². The summed E-state index contributed by atoms with van der Waals surface area (Å²) in [6.07, 6.45) is 0.000511. The molecule has 0 radical (unpaired) electrons. The molecule has 1 fully saturated rings. The molecule has 116 valence electrons. The van der Waals surface area contributed by atoms with Gasteiger partial charge in [-0.25, -0.2) is 4.79 Å². The lowest BCUT2D eigenvalue weighted by molar-refractivity contribution is -0.141. The van der Waals surface area contributed by atoms with Gasteiger partial charge in [-0.3, -0.25) is 4.79 Å². The van der Waals surface area contributed by atoms with E-state index in [1.54, 1.807) is 11.8 Å². The maximum atomic E-state index is 12.0. The monoisotopic (exact) mass is 288 g/mol. The van der Waals surface area contributed by atoms with E-state index in [0.717, 1.165) is 0 Å². The number of urea groups is 1. The number of nitrogens with zero attached hydrogens (tertiary/aromatic N) is 1. The summed E-state index contributed by atoms with van der Waals surface area (Å²) in [6.45, 7) is 6.28. The molecule has 0 aliphatic carbocycles. The van der Waals surface area contributed by atoms with Crippen LogP contribution in [-0.2, 0) is 9.53 Å². The minimum absolute atomic E-state index is 0.136. The largest absolute Gasteiger partial charge is 0.481 e. The van der Waals surface area contributed by atoms with Gasteiger partial charge in [-0.2, -0.15) is 0 Å². The Hall–Kier alpha value is -1.34. The zero-order chi connectivity index (χ0) is 15.3. The highest BCUT2D eigenvalue weighted by Crippen LogP contribution is 2.20. The number of morpholine rings is 1. The molecule has 2 unspecified atom stereocenters. The number of ether oxygens (including phenoxy) is 1. The topological polar surface area (TPSA) is 99.1 Å². The number of carbonyl (C=O) groups excluding carboxylic acids is 1. The minimum Gasteiger partial charge on any atom is -0.481 e. The van der Waals surface area contributed by atoms with Gasteiger partial charge in [0.05, 0.1) is 37.3 Å². The summed E-state index contributed by atoms with van der Waals surface area (Å²) in [5.74, 6) is -1.35. The molecular formula is C13H24N2O5. The Kier molecular flexibility index (Phi) is 5.76. The van der Waals surface area contributed by atoms with Crippen molar-refractivity contribution in [3.05, 3.63) is 0 Å². The second-order valence-electron chi connectivity index (χ2n) is 5.82. The second kappa shape index (κ2) is 6.90. The van der Waals surface area contributed by atoms with Crippen LogP contribution in [0.2, 0.25) is 0 Å². The number of carboxylic acid groups (broad SMARTS) is 1. The van der Waals surface area contributed by atoms with E-state index >= 15 is 0 Å². The molecule has 1 heterocycles. The molecule has 0 bridgehead atoms. The normalized spacial score (nSPS) is 23.2. The number of aliphatic carboxylic acids is 1. The fourth-order valence-electron chi connectivity index (χ4n) is 2.18. The number of hydrogen-bond acceptors (Lipinski definition) is 4. The van der Waals surface area contributed by atoms with Crippen LogP contribution in [0, 0.1) is 5.92 Å². The van der Waals surface area contributed by atoms with Gasteiger partial charge in [0.25, 0.3) is 0 Å². The van der Waals surface area contributed by atoms with Crippen LogP contribution in [0.15, 0.2) is 0 Å². The quantitative estimate of drug-likeness (QED) is 0.675. The van der Waals surface area contributed by atoms with Crippen LogP contribution in [0.25, 0.3) is 0 Å². The van der Waals surface area contributed by atoms with Crippen LogP contribution in [0.4, 0.5) is 4.79 Å².